The highest BCUT2D eigenvalue weighted by Crippen LogP contribution is 2.37. The Morgan fingerprint density at radius 2 is 1.04 bits per heavy atom. The van der Waals surface area contributed by atoms with E-state index in [1.807, 2.05) is 96.2 Å². The van der Waals surface area contributed by atoms with Gasteiger partial charge in [-0.3, -0.25) is 13.6 Å². The average molecular weight is 1060 g/mol. The lowest BCUT2D eigenvalue weighted by molar-refractivity contribution is -0.130. The van der Waals surface area contributed by atoms with Crippen molar-refractivity contribution in [2.45, 2.75) is 64.9 Å². The molecule has 5 N–H and O–H groups in total. The standard InChI is InChI=1S/C27H30N6O4.C26H24N6O3.C4H4O2/c1-27(2,3)37-26(34)32-14-11-18(16-32)23-21-10-13-30-25(28)33(21)24(31-23)17-5-7-19(8-6-17)36-22-15-20(35-4)9-12-29-22;1-3-4-23(33)31-14-11-18(16-31)24-21-10-13-29-26(27)32(21)25(30-24)17-5-7-19(8-6-17)35-22-15-20(34-2)9-12-28-22;1-2-3-4(5)6/h5-10,12-13,15,18H,11,14,16H2,1-4H3,(H2,28,30);5-10,12-13,15,18H,11,14,16H2,1-2H3,(H2,27,29);1H3,(H,5,6). The maximum absolute atomic E-state index is 12.6. The number of amides is 2. The maximum atomic E-state index is 12.6. The van der Waals surface area contributed by atoms with Gasteiger partial charge in [0.05, 0.1) is 36.6 Å². The number of carboxylic acids is 1. The van der Waals surface area contributed by atoms with E-state index in [2.05, 4.69) is 37.7 Å². The molecule has 2 saturated heterocycles. The van der Waals surface area contributed by atoms with Gasteiger partial charge < -0.3 is 50.1 Å². The van der Waals surface area contributed by atoms with Gasteiger partial charge in [0.15, 0.2) is 0 Å². The SMILES string of the molecule is CC#CC(=O)N1CCC(c2nc(-c3ccc(Oc4cc(OC)ccn4)cc3)n3c(N)nccc23)C1.CC#CC(=O)O.COc1ccnc(Oc2ccc(-c3nc(C4CCN(C(=O)OC(C)(C)C)C4)c4ccnc(N)n34)cc2)c1. The maximum Gasteiger partial charge on any atom is 0.410 e. The summed E-state index contributed by atoms with van der Waals surface area (Å²) in [5.41, 5.74) is 17.3. The van der Waals surface area contributed by atoms with Gasteiger partial charge in [0.1, 0.15) is 40.2 Å². The lowest BCUT2D eigenvalue weighted by atomic mass is 10.0. The topological polar surface area (TPSA) is 262 Å². The second-order valence-corrected chi connectivity index (χ2v) is 18.7. The number of anilines is 2. The Labute approximate surface area is 450 Å². The predicted molar refractivity (Wildman–Crippen MR) is 291 cm³/mol. The number of aliphatic carboxylic acids is 1. The molecule has 8 aromatic rings. The molecule has 78 heavy (non-hydrogen) atoms. The van der Waals surface area contributed by atoms with Crippen LogP contribution >= 0.6 is 0 Å². The van der Waals surface area contributed by atoms with Crippen LogP contribution in [-0.4, -0.2) is 118 Å². The van der Waals surface area contributed by atoms with Crippen LogP contribution in [0.1, 0.15) is 70.7 Å². The molecular weight excluding hydrogens is 997 g/mol. The molecule has 0 radical (unpaired) electrons. The van der Waals surface area contributed by atoms with E-state index in [9.17, 15) is 14.4 Å². The zero-order valence-corrected chi connectivity index (χ0v) is 44.1. The highest BCUT2D eigenvalue weighted by atomic mass is 16.6. The first-order chi connectivity index (χ1) is 37.6. The van der Waals surface area contributed by atoms with E-state index >= 15 is 0 Å². The summed E-state index contributed by atoms with van der Waals surface area (Å²) in [6.45, 7) is 11.1. The number of rotatable bonds is 10. The summed E-state index contributed by atoms with van der Waals surface area (Å²) in [4.78, 5) is 64.7. The molecule has 2 unspecified atom stereocenters. The highest BCUT2D eigenvalue weighted by molar-refractivity contribution is 5.93. The third-order valence-electron chi connectivity index (χ3n) is 12.3. The van der Waals surface area contributed by atoms with Crippen LogP contribution in [0.25, 0.3) is 33.8 Å². The minimum atomic E-state index is -1.07. The molecule has 400 valence electrons. The summed E-state index contributed by atoms with van der Waals surface area (Å²) in [7, 11) is 3.19. The van der Waals surface area contributed by atoms with Gasteiger partial charge in [0.2, 0.25) is 23.7 Å². The smallest absolute Gasteiger partial charge is 0.410 e. The molecule has 0 bridgehead atoms. The number of ether oxygens (including phenoxy) is 5. The van der Waals surface area contributed by atoms with Crippen molar-refractivity contribution in [1.82, 2.24) is 48.5 Å². The number of benzene rings is 2. The third kappa shape index (κ3) is 13.0. The molecule has 0 saturated carbocycles. The fraction of sp³-hybridized carbons (Fsp3) is 0.281. The Bertz CT molecular complexity index is 3590. The molecule has 2 amide bonds. The van der Waals surface area contributed by atoms with E-state index in [1.54, 1.807) is 80.0 Å². The van der Waals surface area contributed by atoms with Gasteiger partial charge in [-0.15, -0.1) is 0 Å². The van der Waals surface area contributed by atoms with Gasteiger partial charge in [0.25, 0.3) is 5.91 Å². The lowest BCUT2D eigenvalue weighted by Crippen LogP contribution is -2.35. The number of aromatic nitrogens is 8. The summed E-state index contributed by atoms with van der Waals surface area (Å²) in [6, 6.07) is 25.8. The van der Waals surface area contributed by atoms with Gasteiger partial charge in [-0.05, 0) is 126 Å². The van der Waals surface area contributed by atoms with E-state index in [0.29, 0.717) is 84.5 Å². The van der Waals surface area contributed by atoms with Crippen LogP contribution < -0.4 is 30.4 Å². The van der Waals surface area contributed by atoms with Gasteiger partial charge in [-0.25, -0.2) is 39.5 Å². The van der Waals surface area contributed by atoms with Crippen molar-refractivity contribution < 1.29 is 43.2 Å². The Kier molecular flexibility index (Phi) is 16.9. The van der Waals surface area contributed by atoms with Gasteiger partial charge in [0, 0.05) is 92.0 Å². The fourth-order valence-corrected chi connectivity index (χ4v) is 8.83. The Morgan fingerprint density at radius 3 is 1.45 bits per heavy atom. The molecule has 21 heteroatoms. The van der Waals surface area contributed by atoms with Crippen molar-refractivity contribution in [3.63, 3.8) is 0 Å². The summed E-state index contributed by atoms with van der Waals surface area (Å²) in [5, 5.41) is 7.74. The van der Waals surface area contributed by atoms with E-state index < -0.39 is 11.6 Å². The number of hydrogen-bond donors (Lipinski definition) is 3. The zero-order valence-electron chi connectivity index (χ0n) is 44.1. The molecule has 2 aliphatic heterocycles. The summed E-state index contributed by atoms with van der Waals surface area (Å²) >= 11 is 0. The second-order valence-electron chi connectivity index (χ2n) is 18.7. The fourth-order valence-electron chi connectivity index (χ4n) is 8.83. The molecule has 0 spiro atoms. The number of hydrogen-bond acceptors (Lipinski definition) is 16. The number of methoxy groups -OCH3 is 2. The molecule has 0 aliphatic carbocycles. The second kappa shape index (κ2) is 24.2. The van der Waals surface area contributed by atoms with Crippen LogP contribution in [0, 0.1) is 23.7 Å². The normalized spacial score (nSPS) is 14.6. The van der Waals surface area contributed by atoms with Crippen molar-refractivity contribution >= 4 is 40.9 Å². The minimum Gasteiger partial charge on any atom is -0.497 e. The Balaban J connectivity index is 0.000000187. The first-order valence-electron chi connectivity index (χ1n) is 24.7. The summed E-state index contributed by atoms with van der Waals surface area (Å²) in [6.07, 6.45) is 7.91. The largest absolute Gasteiger partial charge is 0.497 e. The zero-order chi connectivity index (χ0) is 55.5. The molecule has 10 rings (SSSR count). The van der Waals surface area contributed by atoms with Crippen LogP contribution in [0.15, 0.2) is 110 Å². The molecule has 2 atom stereocenters. The molecule has 2 aromatic carbocycles. The molecule has 2 fully saturated rings. The minimum absolute atomic E-state index is 0.0554. The van der Waals surface area contributed by atoms with Crippen LogP contribution in [0.3, 0.4) is 0 Å². The highest BCUT2D eigenvalue weighted by Gasteiger charge is 2.34. The number of nitrogens with zero attached hydrogens (tertiary/aromatic N) is 10. The Morgan fingerprint density at radius 1 is 0.603 bits per heavy atom. The number of imidazole rings is 2. The number of nitrogens with two attached hydrogens (primary N) is 2. The van der Waals surface area contributed by atoms with Gasteiger partial charge in [-0.2, -0.15) is 0 Å². The van der Waals surface area contributed by atoms with Gasteiger partial charge >= 0.3 is 12.1 Å². The monoisotopic (exact) mass is 1050 g/mol. The molecule has 8 heterocycles. The number of fused-ring (bicyclic) bond motifs is 2. The van der Waals surface area contributed by atoms with Crippen LogP contribution in [0.5, 0.6) is 34.8 Å². The van der Waals surface area contributed by atoms with Crippen molar-refractivity contribution in [2.75, 3.05) is 51.9 Å². The Hall–Kier alpha value is -9.89. The van der Waals surface area contributed by atoms with Crippen LogP contribution in [0.4, 0.5) is 16.7 Å². The van der Waals surface area contributed by atoms with Crippen molar-refractivity contribution in [1.29, 1.82) is 0 Å². The lowest BCUT2D eigenvalue weighted by Gasteiger charge is -2.24. The quantitative estimate of drug-likeness (QED) is 0.108. The van der Waals surface area contributed by atoms with Gasteiger partial charge in [-0.1, -0.05) is 11.8 Å². The third-order valence-corrected chi connectivity index (χ3v) is 12.3. The van der Waals surface area contributed by atoms with E-state index in [-0.39, 0.29) is 23.8 Å². The number of nitrogen functional groups attached to an aromatic ring is 2. The summed E-state index contributed by atoms with van der Waals surface area (Å²) in [5.74, 6) is 13.8. The first-order valence-corrected chi connectivity index (χ1v) is 24.7. The van der Waals surface area contributed by atoms with Crippen LogP contribution in [0.2, 0.25) is 0 Å². The molecule has 21 nitrogen and oxygen atoms in total. The van der Waals surface area contributed by atoms with Crippen LogP contribution in [-0.2, 0) is 14.3 Å². The van der Waals surface area contributed by atoms with Crippen molar-refractivity contribution in [3.8, 4) is 81.2 Å². The predicted octanol–water partition coefficient (Wildman–Crippen LogP) is 8.51. The number of carbonyl (C=O) groups excluding carboxylic acids is 2. The average Bonchev–Trinajstić information content (AvgIpc) is 4.29. The summed E-state index contributed by atoms with van der Waals surface area (Å²) < 4.78 is 31.4. The van der Waals surface area contributed by atoms with E-state index in [0.717, 1.165) is 46.4 Å². The molecule has 2 aliphatic rings. The van der Waals surface area contributed by atoms with Crippen molar-refractivity contribution in [2.24, 2.45) is 0 Å². The number of carboxylic acid groups (broad SMARTS) is 1. The molecular formula is C57H58N12O9. The van der Waals surface area contributed by atoms with E-state index in [4.69, 9.17) is 50.2 Å². The first kappa shape index (κ1) is 54.4. The van der Waals surface area contributed by atoms with Crippen molar-refractivity contribution in [3.05, 3.63) is 121 Å². The molecule has 6 aromatic heterocycles. The number of pyridine rings is 2. The van der Waals surface area contributed by atoms with E-state index in [1.165, 1.54) is 6.92 Å². The number of carbonyl (C=O) groups is 3. The number of likely N-dealkylation sites (tertiary alicyclic amines) is 2.